The topological polar surface area (TPSA) is 91.5 Å². The Kier molecular flexibility index (Phi) is 7.32. The Morgan fingerprint density at radius 3 is 2.72 bits per heavy atom. The molecule has 9 heteroatoms. The van der Waals surface area contributed by atoms with Crippen LogP contribution in [-0.4, -0.2) is 58.3 Å². The lowest BCUT2D eigenvalue weighted by atomic mass is 9.92. The molecular formula is C20H27Cl2FN4O2. The summed E-state index contributed by atoms with van der Waals surface area (Å²) in [4.78, 5) is 19.0. The zero-order valence-electron chi connectivity index (χ0n) is 16.5. The fraction of sp³-hybridized carbons (Fsp3) is 0.500. The summed E-state index contributed by atoms with van der Waals surface area (Å²) >= 11 is 6.15. The van der Waals surface area contributed by atoms with Gasteiger partial charge in [0.1, 0.15) is 5.67 Å². The molecule has 6 nitrogen and oxygen atoms in total. The van der Waals surface area contributed by atoms with Crippen molar-refractivity contribution in [1.29, 1.82) is 0 Å². The average Bonchev–Trinajstić information content (AvgIpc) is 2.64. The lowest BCUT2D eigenvalue weighted by Crippen LogP contribution is -2.50. The third-order valence-corrected chi connectivity index (χ3v) is 5.37. The number of aliphatic hydroxyl groups is 1. The molecule has 1 amide bonds. The zero-order valence-corrected chi connectivity index (χ0v) is 18.1. The Morgan fingerprint density at radius 2 is 2.10 bits per heavy atom. The van der Waals surface area contributed by atoms with Crippen molar-refractivity contribution in [3.63, 3.8) is 0 Å². The van der Waals surface area contributed by atoms with Crippen molar-refractivity contribution >= 4 is 46.5 Å². The monoisotopic (exact) mass is 444 g/mol. The summed E-state index contributed by atoms with van der Waals surface area (Å²) in [5, 5.41) is 13.5. The fourth-order valence-electron chi connectivity index (χ4n) is 3.58. The molecule has 0 aliphatic carbocycles. The maximum Gasteiger partial charge on any atom is 0.253 e. The normalized spacial score (nSPS) is 17.0. The molecule has 0 atom stereocenters. The van der Waals surface area contributed by atoms with Crippen LogP contribution in [0, 0.1) is 0 Å². The van der Waals surface area contributed by atoms with E-state index in [-0.39, 0.29) is 29.5 Å². The largest absolute Gasteiger partial charge is 0.397 e. The average molecular weight is 445 g/mol. The quantitative estimate of drug-likeness (QED) is 0.615. The summed E-state index contributed by atoms with van der Waals surface area (Å²) in [5.41, 5.74) is 4.76. The van der Waals surface area contributed by atoms with E-state index >= 15 is 4.39 Å². The summed E-state index contributed by atoms with van der Waals surface area (Å²) in [6.45, 7) is 4.96. The number of carbonyl (C=O) groups excluding carboxylic acids is 1. The molecule has 29 heavy (non-hydrogen) atoms. The smallest absolute Gasteiger partial charge is 0.253 e. The highest BCUT2D eigenvalue weighted by Crippen LogP contribution is 2.31. The number of hydrogen-bond acceptors (Lipinski definition) is 5. The van der Waals surface area contributed by atoms with Crippen LogP contribution in [-0.2, 0) is 0 Å². The number of piperidine rings is 1. The van der Waals surface area contributed by atoms with Gasteiger partial charge in [0.25, 0.3) is 5.91 Å². The number of halogens is 3. The molecular weight excluding hydrogens is 418 g/mol. The second-order valence-corrected chi connectivity index (χ2v) is 8.55. The molecule has 4 N–H and O–H groups in total. The Hall–Kier alpha value is -1.67. The molecule has 0 spiro atoms. The highest BCUT2D eigenvalue weighted by Gasteiger charge is 2.36. The molecule has 0 radical (unpaired) electrons. The number of β-amino-alcohol motifs (C(OH)–C–C–N with tert-alkyl or cyclic N) is 1. The number of anilines is 1. The summed E-state index contributed by atoms with van der Waals surface area (Å²) in [7, 11) is 0. The van der Waals surface area contributed by atoms with Crippen LogP contribution < -0.4 is 11.1 Å². The van der Waals surface area contributed by atoms with Crippen molar-refractivity contribution < 1.29 is 14.3 Å². The minimum absolute atomic E-state index is 0. The zero-order chi connectivity index (χ0) is 20.5. The van der Waals surface area contributed by atoms with Crippen LogP contribution in [0.1, 0.15) is 37.0 Å². The van der Waals surface area contributed by atoms with Crippen LogP contribution in [0.3, 0.4) is 0 Å². The van der Waals surface area contributed by atoms with E-state index in [4.69, 9.17) is 17.3 Å². The maximum atomic E-state index is 15.1. The molecule has 0 bridgehead atoms. The second-order valence-electron chi connectivity index (χ2n) is 8.14. The lowest BCUT2D eigenvalue weighted by molar-refractivity contribution is -0.000320. The summed E-state index contributed by atoms with van der Waals surface area (Å²) in [5.74, 6) is -0.429. The van der Waals surface area contributed by atoms with Crippen LogP contribution in [0.25, 0.3) is 10.9 Å². The van der Waals surface area contributed by atoms with E-state index in [1.54, 1.807) is 32.2 Å². The molecule has 1 aliphatic heterocycles. The first kappa shape index (κ1) is 23.6. The molecule has 1 aromatic heterocycles. The lowest BCUT2D eigenvalue weighted by Gasteiger charge is -2.38. The van der Waals surface area contributed by atoms with Crippen molar-refractivity contribution in [2.45, 2.75) is 38.0 Å². The Labute approximate surface area is 181 Å². The van der Waals surface area contributed by atoms with Gasteiger partial charge in [0, 0.05) is 31.2 Å². The molecule has 1 fully saturated rings. The maximum absolute atomic E-state index is 15.1. The van der Waals surface area contributed by atoms with E-state index in [1.807, 2.05) is 4.90 Å². The van der Waals surface area contributed by atoms with Crippen LogP contribution in [0.15, 0.2) is 24.4 Å². The van der Waals surface area contributed by atoms with E-state index in [2.05, 4.69) is 10.3 Å². The molecule has 1 aromatic carbocycles. The van der Waals surface area contributed by atoms with Crippen molar-refractivity contribution in [2.24, 2.45) is 0 Å². The van der Waals surface area contributed by atoms with Crippen molar-refractivity contribution in [1.82, 2.24) is 15.2 Å². The molecule has 2 aromatic rings. The number of rotatable bonds is 5. The van der Waals surface area contributed by atoms with Gasteiger partial charge in [0.05, 0.1) is 33.9 Å². The second kappa shape index (κ2) is 9.00. The first-order valence-electron chi connectivity index (χ1n) is 9.33. The van der Waals surface area contributed by atoms with Gasteiger partial charge in [-0.05, 0) is 44.9 Å². The number of amides is 1. The standard InChI is InChI=1S/C20H26ClFN4O2.ClH/c1-19(2,28)12-26-8-5-20(22,6-9-26)11-25-18(27)14-10-15(21)16(23)13-4-3-7-24-17(13)14;/h3-4,7,10,28H,5-6,8-9,11-12,23H2,1-2H3,(H,25,27);1H. The highest BCUT2D eigenvalue weighted by atomic mass is 35.5. The van der Waals surface area contributed by atoms with Crippen LogP contribution in [0.4, 0.5) is 10.1 Å². The van der Waals surface area contributed by atoms with Crippen molar-refractivity contribution in [2.75, 3.05) is 31.9 Å². The molecule has 1 saturated heterocycles. The van der Waals surface area contributed by atoms with Gasteiger partial charge in [0.2, 0.25) is 0 Å². The number of nitrogens with zero attached hydrogens (tertiary/aromatic N) is 2. The van der Waals surface area contributed by atoms with E-state index < -0.39 is 17.2 Å². The number of likely N-dealkylation sites (tertiary alicyclic amines) is 1. The number of hydrogen-bond donors (Lipinski definition) is 3. The fourth-order valence-corrected chi connectivity index (χ4v) is 3.79. The third-order valence-electron chi connectivity index (χ3n) is 5.05. The number of benzene rings is 1. The number of carbonyl (C=O) groups is 1. The summed E-state index contributed by atoms with van der Waals surface area (Å²) in [6, 6.07) is 4.93. The third kappa shape index (κ3) is 5.69. The molecule has 3 rings (SSSR count). The number of pyridine rings is 1. The van der Waals surface area contributed by atoms with Gasteiger partial charge in [-0.1, -0.05) is 11.6 Å². The Morgan fingerprint density at radius 1 is 1.45 bits per heavy atom. The number of nitrogens with two attached hydrogens (primary N) is 1. The van der Waals surface area contributed by atoms with Gasteiger partial charge in [-0.25, -0.2) is 4.39 Å². The summed E-state index contributed by atoms with van der Waals surface area (Å²) in [6.07, 6.45) is 2.16. The van der Waals surface area contributed by atoms with Crippen molar-refractivity contribution in [3.8, 4) is 0 Å². The number of nitrogen functional groups attached to an aromatic ring is 1. The Bertz CT molecular complexity index is 881. The van der Waals surface area contributed by atoms with E-state index in [1.165, 1.54) is 6.07 Å². The predicted octanol–water partition coefficient (Wildman–Crippen LogP) is 3.20. The van der Waals surface area contributed by atoms with Gasteiger partial charge in [0.15, 0.2) is 0 Å². The van der Waals surface area contributed by atoms with E-state index in [0.717, 1.165) is 0 Å². The van der Waals surface area contributed by atoms with Gasteiger partial charge >= 0.3 is 0 Å². The molecule has 2 heterocycles. The molecule has 1 aliphatic rings. The van der Waals surface area contributed by atoms with Gasteiger partial charge < -0.3 is 21.1 Å². The SMILES string of the molecule is CC(C)(O)CN1CCC(F)(CNC(=O)c2cc(Cl)c(N)c3cccnc23)CC1.Cl. The van der Waals surface area contributed by atoms with Crippen LogP contribution in [0.2, 0.25) is 5.02 Å². The molecule has 0 unspecified atom stereocenters. The number of alkyl halides is 1. The van der Waals surface area contributed by atoms with E-state index in [9.17, 15) is 9.90 Å². The highest BCUT2D eigenvalue weighted by molar-refractivity contribution is 6.35. The first-order chi connectivity index (χ1) is 13.1. The van der Waals surface area contributed by atoms with Crippen LogP contribution >= 0.6 is 24.0 Å². The summed E-state index contributed by atoms with van der Waals surface area (Å²) < 4.78 is 15.1. The predicted molar refractivity (Wildman–Crippen MR) is 117 cm³/mol. The van der Waals surface area contributed by atoms with E-state index in [0.29, 0.717) is 49.1 Å². The first-order valence-corrected chi connectivity index (χ1v) is 9.70. The number of fused-ring (bicyclic) bond motifs is 1. The van der Waals surface area contributed by atoms with Gasteiger partial charge in [-0.15, -0.1) is 12.4 Å². The van der Waals surface area contributed by atoms with Gasteiger partial charge in [-0.3, -0.25) is 9.78 Å². The number of aromatic nitrogens is 1. The van der Waals surface area contributed by atoms with Gasteiger partial charge in [-0.2, -0.15) is 0 Å². The molecule has 160 valence electrons. The van der Waals surface area contributed by atoms with Crippen LogP contribution in [0.5, 0.6) is 0 Å². The van der Waals surface area contributed by atoms with Crippen molar-refractivity contribution in [3.05, 3.63) is 35.0 Å². The number of nitrogens with one attached hydrogen (secondary N) is 1. The minimum Gasteiger partial charge on any atom is -0.397 e. The molecule has 0 saturated carbocycles. The Balaban J connectivity index is 0.00000300. The minimum atomic E-state index is -1.48.